The number of likely N-dealkylation sites (tertiary alicyclic amines) is 1. The molecule has 1 heterocycles. The summed E-state index contributed by atoms with van der Waals surface area (Å²) in [7, 11) is 1.53. The van der Waals surface area contributed by atoms with E-state index in [1.165, 1.54) is 12.0 Å². The fourth-order valence-corrected chi connectivity index (χ4v) is 3.22. The number of aliphatic hydroxyl groups excluding tert-OH is 2. The second kappa shape index (κ2) is 7.63. The van der Waals surface area contributed by atoms with Gasteiger partial charge in [0.2, 0.25) is 0 Å². The standard InChI is InChI=1S/C21H21NO5/c1-13-3-5-14(6-4-13)18-17(20(25)21(26)22(18)11-12-23)19(24)15-7-9-16(27-2)10-8-15/h3-10,18,23-24H,11-12H2,1-2H3/b19-17+/t18-/m1/s1. The second-order valence-corrected chi connectivity index (χ2v) is 6.36. The maximum absolute atomic E-state index is 12.7. The fraction of sp³-hybridized carbons (Fsp3) is 0.238. The van der Waals surface area contributed by atoms with Crippen molar-refractivity contribution in [1.82, 2.24) is 4.90 Å². The van der Waals surface area contributed by atoms with Gasteiger partial charge in [-0.1, -0.05) is 29.8 Å². The number of ketones is 1. The van der Waals surface area contributed by atoms with Crippen molar-refractivity contribution in [2.75, 3.05) is 20.3 Å². The number of Topliss-reactive ketones (excluding diaryl/α,β-unsaturated/α-hetero) is 1. The van der Waals surface area contributed by atoms with Gasteiger partial charge >= 0.3 is 0 Å². The Bertz CT molecular complexity index is 884. The molecule has 1 saturated heterocycles. The predicted molar refractivity (Wildman–Crippen MR) is 100 cm³/mol. The molecule has 2 aromatic carbocycles. The average molecular weight is 367 g/mol. The topological polar surface area (TPSA) is 87.1 Å². The van der Waals surface area contributed by atoms with Crippen molar-refractivity contribution >= 4 is 17.4 Å². The molecule has 0 radical (unpaired) electrons. The lowest BCUT2D eigenvalue weighted by Crippen LogP contribution is -2.32. The highest BCUT2D eigenvalue weighted by Crippen LogP contribution is 2.39. The summed E-state index contributed by atoms with van der Waals surface area (Å²) in [6.45, 7) is 1.66. The zero-order valence-electron chi connectivity index (χ0n) is 15.2. The van der Waals surface area contributed by atoms with Crippen molar-refractivity contribution < 1.29 is 24.5 Å². The minimum atomic E-state index is -0.762. The molecule has 3 rings (SSSR count). The second-order valence-electron chi connectivity index (χ2n) is 6.36. The maximum Gasteiger partial charge on any atom is 0.295 e. The van der Waals surface area contributed by atoms with E-state index in [9.17, 15) is 19.8 Å². The molecule has 0 saturated carbocycles. The summed E-state index contributed by atoms with van der Waals surface area (Å²) in [6, 6.07) is 13.2. The Balaban J connectivity index is 2.14. The van der Waals surface area contributed by atoms with Crippen molar-refractivity contribution in [1.29, 1.82) is 0 Å². The van der Waals surface area contributed by atoms with Crippen LogP contribution in [0.25, 0.3) is 5.76 Å². The van der Waals surface area contributed by atoms with Crippen molar-refractivity contribution in [2.24, 2.45) is 0 Å². The van der Waals surface area contributed by atoms with Crippen LogP contribution in [0.5, 0.6) is 5.75 Å². The van der Waals surface area contributed by atoms with Gasteiger partial charge in [0, 0.05) is 12.1 Å². The molecule has 0 bridgehead atoms. The number of hydrogen-bond donors (Lipinski definition) is 2. The van der Waals surface area contributed by atoms with Crippen LogP contribution in [0.15, 0.2) is 54.1 Å². The zero-order chi connectivity index (χ0) is 19.6. The number of aliphatic hydroxyl groups is 2. The third-order valence-electron chi connectivity index (χ3n) is 4.64. The van der Waals surface area contributed by atoms with E-state index in [4.69, 9.17) is 4.74 Å². The molecule has 1 aliphatic heterocycles. The number of rotatable bonds is 5. The largest absolute Gasteiger partial charge is 0.507 e. The summed E-state index contributed by atoms with van der Waals surface area (Å²) in [4.78, 5) is 26.4. The molecule has 27 heavy (non-hydrogen) atoms. The third-order valence-corrected chi connectivity index (χ3v) is 4.64. The van der Waals surface area contributed by atoms with Crippen molar-refractivity contribution in [2.45, 2.75) is 13.0 Å². The van der Waals surface area contributed by atoms with Crippen LogP contribution in [-0.4, -0.2) is 47.1 Å². The number of methoxy groups -OCH3 is 1. The number of amides is 1. The summed E-state index contributed by atoms with van der Waals surface area (Å²) in [5.41, 5.74) is 2.16. The van der Waals surface area contributed by atoms with Crippen LogP contribution in [0.4, 0.5) is 0 Å². The summed E-state index contributed by atoms with van der Waals surface area (Å²) >= 11 is 0. The van der Waals surface area contributed by atoms with Gasteiger partial charge in [0.1, 0.15) is 11.5 Å². The molecule has 1 aliphatic rings. The van der Waals surface area contributed by atoms with E-state index in [-0.39, 0.29) is 24.5 Å². The normalized spacial score (nSPS) is 18.8. The number of aryl methyl sites for hydroxylation is 1. The van der Waals surface area contributed by atoms with Gasteiger partial charge in [0.05, 0.1) is 25.3 Å². The highest BCUT2D eigenvalue weighted by molar-refractivity contribution is 6.46. The molecule has 140 valence electrons. The molecule has 1 atom stereocenters. The van der Waals surface area contributed by atoms with Gasteiger partial charge in [-0.2, -0.15) is 0 Å². The van der Waals surface area contributed by atoms with E-state index >= 15 is 0 Å². The van der Waals surface area contributed by atoms with Crippen LogP contribution in [0.2, 0.25) is 0 Å². The number of carbonyl (C=O) groups excluding carboxylic acids is 2. The van der Waals surface area contributed by atoms with Gasteiger partial charge in [-0.3, -0.25) is 9.59 Å². The summed E-state index contributed by atoms with van der Waals surface area (Å²) in [6.07, 6.45) is 0. The van der Waals surface area contributed by atoms with Crippen molar-refractivity contribution in [3.63, 3.8) is 0 Å². The number of benzene rings is 2. The maximum atomic E-state index is 12.7. The third kappa shape index (κ3) is 3.44. The number of nitrogens with zero attached hydrogens (tertiary/aromatic N) is 1. The van der Waals surface area contributed by atoms with E-state index in [0.29, 0.717) is 16.9 Å². The van der Waals surface area contributed by atoms with Crippen LogP contribution in [-0.2, 0) is 9.59 Å². The lowest BCUT2D eigenvalue weighted by molar-refractivity contribution is -0.140. The van der Waals surface area contributed by atoms with E-state index in [1.807, 2.05) is 31.2 Å². The number of carbonyl (C=O) groups is 2. The average Bonchev–Trinajstić information content (AvgIpc) is 2.93. The van der Waals surface area contributed by atoms with Gasteiger partial charge in [-0.05, 0) is 36.8 Å². The molecule has 6 heteroatoms. The lowest BCUT2D eigenvalue weighted by atomic mass is 9.95. The van der Waals surface area contributed by atoms with Gasteiger partial charge in [-0.15, -0.1) is 0 Å². The van der Waals surface area contributed by atoms with Crippen LogP contribution in [0.1, 0.15) is 22.7 Å². The highest BCUT2D eigenvalue weighted by Gasteiger charge is 2.45. The van der Waals surface area contributed by atoms with Gasteiger partial charge in [0.15, 0.2) is 0 Å². The molecule has 1 amide bonds. The number of β-amino-alcohol motifs (C(OH)–C–C–N with tert-alkyl or cyclic N) is 1. The van der Waals surface area contributed by atoms with Crippen LogP contribution >= 0.6 is 0 Å². The molecule has 2 N–H and O–H groups in total. The zero-order valence-corrected chi connectivity index (χ0v) is 15.2. The van der Waals surface area contributed by atoms with E-state index in [0.717, 1.165) is 5.56 Å². The molecule has 1 fully saturated rings. The quantitative estimate of drug-likeness (QED) is 0.481. The molecule has 0 aliphatic carbocycles. The summed E-state index contributed by atoms with van der Waals surface area (Å²) in [5, 5.41) is 20.2. The Morgan fingerprint density at radius 3 is 2.26 bits per heavy atom. The van der Waals surface area contributed by atoms with Gasteiger partial charge in [0.25, 0.3) is 11.7 Å². The molecular weight excluding hydrogens is 346 g/mol. The smallest absolute Gasteiger partial charge is 0.295 e. The Kier molecular flexibility index (Phi) is 5.28. The number of hydrogen-bond acceptors (Lipinski definition) is 5. The van der Waals surface area contributed by atoms with Crippen LogP contribution in [0, 0.1) is 6.92 Å². The predicted octanol–water partition coefficient (Wildman–Crippen LogP) is 2.42. The van der Waals surface area contributed by atoms with Crippen LogP contribution in [0.3, 0.4) is 0 Å². The monoisotopic (exact) mass is 367 g/mol. The van der Waals surface area contributed by atoms with E-state index < -0.39 is 17.7 Å². The first kappa shape index (κ1) is 18.7. The summed E-state index contributed by atoms with van der Waals surface area (Å²) in [5.74, 6) is -1.13. The van der Waals surface area contributed by atoms with E-state index in [2.05, 4.69) is 0 Å². The first-order valence-corrected chi connectivity index (χ1v) is 8.58. The highest BCUT2D eigenvalue weighted by atomic mass is 16.5. The fourth-order valence-electron chi connectivity index (χ4n) is 3.22. The molecule has 6 nitrogen and oxygen atoms in total. The molecule has 2 aromatic rings. The Hall–Kier alpha value is -3.12. The van der Waals surface area contributed by atoms with E-state index in [1.54, 1.807) is 24.3 Å². The summed E-state index contributed by atoms with van der Waals surface area (Å²) < 4.78 is 5.11. The van der Waals surface area contributed by atoms with Gasteiger partial charge in [-0.25, -0.2) is 0 Å². The number of ether oxygens (including phenoxy) is 1. The van der Waals surface area contributed by atoms with Gasteiger partial charge < -0.3 is 19.8 Å². The molecule has 0 spiro atoms. The Morgan fingerprint density at radius 1 is 1.07 bits per heavy atom. The molecule has 0 aromatic heterocycles. The van der Waals surface area contributed by atoms with Crippen molar-refractivity contribution in [3.05, 3.63) is 70.8 Å². The Labute approximate surface area is 157 Å². The first-order valence-electron chi connectivity index (χ1n) is 8.58. The minimum Gasteiger partial charge on any atom is -0.507 e. The van der Waals surface area contributed by atoms with Crippen LogP contribution < -0.4 is 4.74 Å². The molecular formula is C21H21NO5. The molecule has 0 unspecified atom stereocenters. The van der Waals surface area contributed by atoms with Crippen molar-refractivity contribution in [3.8, 4) is 5.75 Å². The lowest BCUT2D eigenvalue weighted by Gasteiger charge is -2.24. The SMILES string of the molecule is COc1ccc(/C(O)=C2\C(=O)C(=O)N(CCO)[C@@H]2c2ccc(C)cc2)cc1. The minimum absolute atomic E-state index is 0.00249. The first-order chi connectivity index (χ1) is 13.0. The Morgan fingerprint density at radius 2 is 1.70 bits per heavy atom.